The summed E-state index contributed by atoms with van der Waals surface area (Å²) in [6.07, 6.45) is 0. The van der Waals surface area contributed by atoms with Gasteiger partial charge in [0.05, 0.1) is 19.2 Å². The van der Waals surface area contributed by atoms with E-state index in [0.717, 1.165) is 22.6 Å². The normalized spacial score (nSPS) is 10.4. The number of rotatable bonds is 8. The minimum atomic E-state index is 0.432. The minimum Gasteiger partial charge on any atom is -0.497 e. The maximum Gasteiger partial charge on any atom is 0.180 e. The van der Waals surface area contributed by atoms with Crippen molar-refractivity contribution in [2.45, 2.75) is 20.1 Å². The molecule has 0 saturated carbocycles. The molecule has 28 heavy (non-hydrogen) atoms. The Balaban J connectivity index is 1.69. The van der Waals surface area contributed by atoms with Gasteiger partial charge in [0.15, 0.2) is 11.5 Å². The summed E-state index contributed by atoms with van der Waals surface area (Å²) in [5.74, 6) is 2.00. The molecule has 1 N–H and O–H groups in total. The number of hydrogen-bond donors (Lipinski definition) is 1. The van der Waals surface area contributed by atoms with Gasteiger partial charge in [-0.05, 0) is 54.4 Å². The molecule has 3 aromatic carbocycles. The van der Waals surface area contributed by atoms with Crippen molar-refractivity contribution in [1.82, 2.24) is 0 Å². The Morgan fingerprint density at radius 2 is 1.68 bits per heavy atom. The molecule has 0 aliphatic rings. The summed E-state index contributed by atoms with van der Waals surface area (Å²) in [5.41, 5.74) is 4.28. The van der Waals surface area contributed by atoms with Crippen molar-refractivity contribution in [2.24, 2.45) is 0 Å². The van der Waals surface area contributed by atoms with Crippen molar-refractivity contribution in [2.75, 3.05) is 19.5 Å². The van der Waals surface area contributed by atoms with Gasteiger partial charge in [-0.1, -0.05) is 41.4 Å². The lowest BCUT2D eigenvalue weighted by atomic mass is 10.1. The monoisotopic (exact) mass is 397 g/mol. The summed E-state index contributed by atoms with van der Waals surface area (Å²) in [5, 5.41) is 3.89. The molecule has 0 aromatic heterocycles. The molecule has 0 bridgehead atoms. The number of hydrogen-bond acceptors (Lipinski definition) is 4. The van der Waals surface area contributed by atoms with Gasteiger partial charge in [0.2, 0.25) is 0 Å². The van der Waals surface area contributed by atoms with Crippen LogP contribution in [0.25, 0.3) is 0 Å². The van der Waals surface area contributed by atoms with Crippen molar-refractivity contribution >= 4 is 17.3 Å². The van der Waals surface area contributed by atoms with Crippen LogP contribution in [0.3, 0.4) is 0 Å². The first-order chi connectivity index (χ1) is 13.6. The van der Waals surface area contributed by atoms with Gasteiger partial charge >= 0.3 is 0 Å². The van der Waals surface area contributed by atoms with E-state index in [1.165, 1.54) is 5.56 Å². The highest BCUT2D eigenvalue weighted by Gasteiger charge is 2.12. The second-order valence-electron chi connectivity index (χ2n) is 6.47. The second kappa shape index (κ2) is 9.38. The summed E-state index contributed by atoms with van der Waals surface area (Å²) in [4.78, 5) is 0. The molecule has 0 heterocycles. The Bertz CT molecular complexity index is 926. The Labute approximate surface area is 171 Å². The SMILES string of the molecule is COc1ccc(NCc2cc(Cl)c(OCc3cccc(C)c3)c(OC)c2)cc1. The van der Waals surface area contributed by atoms with E-state index in [0.29, 0.717) is 29.7 Å². The molecule has 4 nitrogen and oxygen atoms in total. The van der Waals surface area contributed by atoms with Crippen LogP contribution in [0.1, 0.15) is 16.7 Å². The van der Waals surface area contributed by atoms with Crippen LogP contribution in [0.15, 0.2) is 60.7 Å². The van der Waals surface area contributed by atoms with Crippen LogP contribution in [-0.2, 0) is 13.2 Å². The van der Waals surface area contributed by atoms with E-state index >= 15 is 0 Å². The fraction of sp³-hybridized carbons (Fsp3) is 0.217. The summed E-state index contributed by atoms with van der Waals surface area (Å²) in [7, 11) is 3.27. The van der Waals surface area contributed by atoms with Gasteiger partial charge in [0.1, 0.15) is 12.4 Å². The van der Waals surface area contributed by atoms with E-state index in [9.17, 15) is 0 Å². The molecule has 0 fully saturated rings. The molecule has 5 heteroatoms. The number of aryl methyl sites for hydroxylation is 1. The molecule has 3 rings (SSSR count). The topological polar surface area (TPSA) is 39.7 Å². The predicted octanol–water partition coefficient (Wildman–Crippen LogP) is 5.86. The average molecular weight is 398 g/mol. The van der Waals surface area contributed by atoms with Gasteiger partial charge in [-0.2, -0.15) is 0 Å². The third kappa shape index (κ3) is 5.11. The van der Waals surface area contributed by atoms with Gasteiger partial charge in [-0.15, -0.1) is 0 Å². The largest absolute Gasteiger partial charge is 0.497 e. The van der Waals surface area contributed by atoms with Crippen LogP contribution >= 0.6 is 11.6 Å². The summed E-state index contributed by atoms with van der Waals surface area (Å²) in [6.45, 7) is 3.10. The summed E-state index contributed by atoms with van der Waals surface area (Å²) in [6, 6.07) is 19.8. The van der Waals surface area contributed by atoms with Crippen LogP contribution in [0, 0.1) is 6.92 Å². The zero-order chi connectivity index (χ0) is 19.9. The van der Waals surface area contributed by atoms with Crippen molar-refractivity contribution in [1.29, 1.82) is 0 Å². The van der Waals surface area contributed by atoms with E-state index in [1.807, 2.05) is 48.5 Å². The highest BCUT2D eigenvalue weighted by atomic mass is 35.5. The number of benzene rings is 3. The predicted molar refractivity (Wildman–Crippen MR) is 114 cm³/mol. The Kier molecular flexibility index (Phi) is 6.66. The van der Waals surface area contributed by atoms with Gasteiger partial charge in [0, 0.05) is 12.2 Å². The van der Waals surface area contributed by atoms with E-state index in [4.69, 9.17) is 25.8 Å². The smallest absolute Gasteiger partial charge is 0.180 e. The van der Waals surface area contributed by atoms with Gasteiger partial charge in [0.25, 0.3) is 0 Å². The maximum absolute atomic E-state index is 6.48. The molecule has 0 saturated heterocycles. The fourth-order valence-corrected chi connectivity index (χ4v) is 3.17. The summed E-state index contributed by atoms with van der Waals surface area (Å²) >= 11 is 6.48. The maximum atomic E-state index is 6.48. The van der Waals surface area contributed by atoms with Crippen molar-refractivity contribution < 1.29 is 14.2 Å². The molecule has 0 spiro atoms. The number of nitrogens with one attached hydrogen (secondary N) is 1. The zero-order valence-electron chi connectivity index (χ0n) is 16.3. The lowest BCUT2D eigenvalue weighted by molar-refractivity contribution is 0.284. The average Bonchev–Trinajstić information content (AvgIpc) is 2.71. The van der Waals surface area contributed by atoms with Crippen LogP contribution in [0.2, 0.25) is 5.02 Å². The lowest BCUT2D eigenvalue weighted by Gasteiger charge is -2.15. The van der Waals surface area contributed by atoms with Gasteiger partial charge in [-0.3, -0.25) is 0 Å². The number of halogens is 1. The molecular weight excluding hydrogens is 374 g/mol. The molecule has 0 aliphatic carbocycles. The highest BCUT2D eigenvalue weighted by Crippen LogP contribution is 2.37. The zero-order valence-corrected chi connectivity index (χ0v) is 17.0. The van der Waals surface area contributed by atoms with E-state index < -0.39 is 0 Å². The third-order valence-electron chi connectivity index (χ3n) is 4.34. The molecule has 0 radical (unpaired) electrons. The number of anilines is 1. The minimum absolute atomic E-state index is 0.432. The third-order valence-corrected chi connectivity index (χ3v) is 4.62. The molecule has 3 aromatic rings. The quantitative estimate of drug-likeness (QED) is 0.517. The van der Waals surface area contributed by atoms with Gasteiger partial charge < -0.3 is 19.5 Å². The van der Waals surface area contributed by atoms with Crippen LogP contribution < -0.4 is 19.5 Å². The Hall–Kier alpha value is -2.85. The number of ether oxygens (including phenoxy) is 3. The first-order valence-electron chi connectivity index (χ1n) is 9.01. The molecule has 0 atom stereocenters. The highest BCUT2D eigenvalue weighted by molar-refractivity contribution is 6.32. The fourth-order valence-electron chi connectivity index (χ4n) is 2.89. The standard InChI is InChI=1S/C23H24ClNO3/c1-16-5-4-6-17(11-16)15-28-23-21(24)12-18(13-22(23)27-3)14-25-19-7-9-20(26-2)10-8-19/h4-13,25H,14-15H2,1-3H3. The van der Waals surface area contributed by atoms with Gasteiger partial charge in [-0.25, -0.2) is 0 Å². The first-order valence-corrected chi connectivity index (χ1v) is 9.39. The Morgan fingerprint density at radius 1 is 0.893 bits per heavy atom. The van der Waals surface area contributed by atoms with Crippen LogP contribution in [0.4, 0.5) is 5.69 Å². The molecule has 0 aliphatic heterocycles. The lowest BCUT2D eigenvalue weighted by Crippen LogP contribution is -2.03. The molecule has 146 valence electrons. The van der Waals surface area contributed by atoms with E-state index in [2.05, 4.69) is 24.4 Å². The molecular formula is C23H24ClNO3. The number of methoxy groups -OCH3 is 2. The van der Waals surface area contributed by atoms with Crippen LogP contribution in [0.5, 0.6) is 17.2 Å². The molecule has 0 amide bonds. The summed E-state index contributed by atoms with van der Waals surface area (Å²) < 4.78 is 16.6. The van der Waals surface area contributed by atoms with Crippen LogP contribution in [-0.4, -0.2) is 14.2 Å². The second-order valence-corrected chi connectivity index (χ2v) is 6.88. The van der Waals surface area contributed by atoms with Crippen molar-refractivity contribution in [3.8, 4) is 17.2 Å². The first kappa shape index (κ1) is 19.9. The van der Waals surface area contributed by atoms with E-state index in [-0.39, 0.29) is 0 Å². The molecule has 0 unspecified atom stereocenters. The Morgan fingerprint density at radius 3 is 2.36 bits per heavy atom. The van der Waals surface area contributed by atoms with E-state index in [1.54, 1.807) is 14.2 Å². The van der Waals surface area contributed by atoms with Crippen molar-refractivity contribution in [3.05, 3.63) is 82.4 Å². The van der Waals surface area contributed by atoms with Crippen molar-refractivity contribution in [3.63, 3.8) is 0 Å².